The van der Waals surface area contributed by atoms with Crippen molar-refractivity contribution >= 4 is 17.4 Å². The fourth-order valence-electron chi connectivity index (χ4n) is 1.50. The summed E-state index contributed by atoms with van der Waals surface area (Å²) in [5, 5.41) is 7.79. The molecule has 5 nitrogen and oxygen atoms in total. The molecule has 0 aliphatic carbocycles. The molecule has 0 amide bonds. The van der Waals surface area contributed by atoms with Crippen molar-refractivity contribution in [1.29, 1.82) is 0 Å². The Hall–Kier alpha value is -1.62. The number of nitrogens with zero attached hydrogens (tertiary/aromatic N) is 4. The average molecular weight is 252 g/mol. The second-order valence-corrected chi connectivity index (χ2v) is 4.17. The molecule has 2 aromatic rings. The molecule has 0 aliphatic heterocycles. The number of anilines is 1. The summed E-state index contributed by atoms with van der Waals surface area (Å²) in [6.45, 7) is 2.71. The Morgan fingerprint density at radius 2 is 2.29 bits per heavy atom. The third kappa shape index (κ3) is 3.17. The van der Waals surface area contributed by atoms with E-state index in [1.807, 2.05) is 26.2 Å². The van der Waals surface area contributed by atoms with Crippen molar-refractivity contribution in [1.82, 2.24) is 19.7 Å². The largest absolute Gasteiger partial charge is 0.369 e. The van der Waals surface area contributed by atoms with Crippen LogP contribution in [-0.2, 0) is 13.5 Å². The number of hydrogen-bond acceptors (Lipinski definition) is 4. The molecule has 0 aliphatic rings. The molecule has 0 fully saturated rings. The number of aryl methyl sites for hydroxylation is 2. The van der Waals surface area contributed by atoms with Gasteiger partial charge in [0.05, 0.1) is 5.69 Å². The highest BCUT2D eigenvalue weighted by atomic mass is 35.5. The van der Waals surface area contributed by atoms with E-state index in [0.29, 0.717) is 0 Å². The predicted octanol–water partition coefficient (Wildman–Crippen LogP) is 1.83. The Morgan fingerprint density at radius 3 is 3.00 bits per heavy atom. The van der Waals surface area contributed by atoms with Crippen molar-refractivity contribution in [3.05, 3.63) is 35.0 Å². The molecule has 2 heterocycles. The summed E-state index contributed by atoms with van der Waals surface area (Å²) in [7, 11) is 1.91. The lowest BCUT2D eigenvalue weighted by atomic mass is 10.3. The van der Waals surface area contributed by atoms with Gasteiger partial charge in [-0.15, -0.1) is 0 Å². The minimum Gasteiger partial charge on any atom is -0.369 e. The molecule has 0 unspecified atom stereocenters. The molecule has 0 saturated carbocycles. The zero-order valence-electron chi connectivity index (χ0n) is 9.81. The van der Waals surface area contributed by atoms with Crippen LogP contribution < -0.4 is 5.32 Å². The minimum atomic E-state index is 0.260. The van der Waals surface area contributed by atoms with E-state index in [2.05, 4.69) is 20.4 Å². The summed E-state index contributed by atoms with van der Waals surface area (Å²) >= 11 is 5.74. The predicted molar refractivity (Wildman–Crippen MR) is 67.2 cm³/mol. The topological polar surface area (TPSA) is 55.6 Å². The summed E-state index contributed by atoms with van der Waals surface area (Å²) in [5.74, 6) is 0.779. The molecule has 0 atom stereocenters. The summed E-state index contributed by atoms with van der Waals surface area (Å²) in [4.78, 5) is 8.03. The van der Waals surface area contributed by atoms with Gasteiger partial charge >= 0.3 is 0 Å². The van der Waals surface area contributed by atoms with E-state index < -0.39 is 0 Å². The molecule has 2 aromatic heterocycles. The van der Waals surface area contributed by atoms with Gasteiger partial charge in [-0.05, 0) is 24.6 Å². The van der Waals surface area contributed by atoms with Gasteiger partial charge < -0.3 is 5.32 Å². The highest BCUT2D eigenvalue weighted by molar-refractivity contribution is 6.28. The maximum absolute atomic E-state index is 5.74. The fourth-order valence-corrected chi connectivity index (χ4v) is 1.64. The van der Waals surface area contributed by atoms with Crippen LogP contribution in [0.5, 0.6) is 0 Å². The van der Waals surface area contributed by atoms with Crippen LogP contribution in [0.15, 0.2) is 18.5 Å². The SMILES string of the molecule is Cc1cnc(Cl)nc1NCCc1ccn(C)n1. The second-order valence-electron chi connectivity index (χ2n) is 3.83. The Kier molecular flexibility index (Phi) is 3.58. The summed E-state index contributed by atoms with van der Waals surface area (Å²) in [6, 6.07) is 2.00. The number of nitrogens with one attached hydrogen (secondary N) is 1. The van der Waals surface area contributed by atoms with Crippen LogP contribution in [0, 0.1) is 6.92 Å². The molecule has 0 bridgehead atoms. The molecular formula is C11H14ClN5. The highest BCUT2D eigenvalue weighted by Gasteiger charge is 2.02. The van der Waals surface area contributed by atoms with Gasteiger partial charge in [0.2, 0.25) is 5.28 Å². The Balaban J connectivity index is 1.91. The zero-order valence-corrected chi connectivity index (χ0v) is 10.6. The van der Waals surface area contributed by atoms with Crippen LogP contribution in [0.4, 0.5) is 5.82 Å². The maximum atomic E-state index is 5.74. The Labute approximate surface area is 105 Å². The van der Waals surface area contributed by atoms with E-state index in [4.69, 9.17) is 11.6 Å². The van der Waals surface area contributed by atoms with Crippen LogP contribution in [0.2, 0.25) is 5.28 Å². The quantitative estimate of drug-likeness (QED) is 0.843. The number of aromatic nitrogens is 4. The van der Waals surface area contributed by atoms with E-state index in [9.17, 15) is 0 Å². The minimum absolute atomic E-state index is 0.260. The number of rotatable bonds is 4. The third-order valence-electron chi connectivity index (χ3n) is 2.38. The third-order valence-corrected chi connectivity index (χ3v) is 2.57. The van der Waals surface area contributed by atoms with Crippen LogP contribution >= 0.6 is 11.6 Å². The average Bonchev–Trinajstić information content (AvgIpc) is 2.69. The van der Waals surface area contributed by atoms with E-state index in [0.717, 1.165) is 30.0 Å². The Morgan fingerprint density at radius 1 is 1.47 bits per heavy atom. The summed E-state index contributed by atoms with van der Waals surface area (Å²) in [5.41, 5.74) is 2.04. The first-order chi connectivity index (χ1) is 8.15. The molecule has 0 aromatic carbocycles. The molecule has 90 valence electrons. The summed E-state index contributed by atoms with van der Waals surface area (Å²) in [6.07, 6.45) is 4.49. The van der Waals surface area contributed by atoms with Gasteiger partial charge in [0.25, 0.3) is 0 Å². The molecule has 1 N–H and O–H groups in total. The van der Waals surface area contributed by atoms with Crippen molar-refractivity contribution in [3.8, 4) is 0 Å². The van der Waals surface area contributed by atoms with E-state index >= 15 is 0 Å². The zero-order chi connectivity index (χ0) is 12.3. The van der Waals surface area contributed by atoms with Crippen molar-refractivity contribution in [3.63, 3.8) is 0 Å². The molecule has 2 rings (SSSR count). The molecule has 0 spiro atoms. The fraction of sp³-hybridized carbons (Fsp3) is 0.364. The van der Waals surface area contributed by atoms with Gasteiger partial charge in [-0.1, -0.05) is 0 Å². The van der Waals surface area contributed by atoms with Gasteiger partial charge in [-0.2, -0.15) is 5.10 Å². The molecule has 17 heavy (non-hydrogen) atoms. The lowest BCUT2D eigenvalue weighted by Gasteiger charge is -2.07. The normalized spacial score (nSPS) is 10.5. The van der Waals surface area contributed by atoms with Gasteiger partial charge in [0, 0.05) is 38.0 Å². The van der Waals surface area contributed by atoms with Crippen molar-refractivity contribution in [2.75, 3.05) is 11.9 Å². The molecule has 0 saturated heterocycles. The number of halogens is 1. The highest BCUT2D eigenvalue weighted by Crippen LogP contribution is 2.12. The van der Waals surface area contributed by atoms with Crippen LogP contribution in [0.25, 0.3) is 0 Å². The second kappa shape index (κ2) is 5.14. The van der Waals surface area contributed by atoms with Crippen LogP contribution in [0.1, 0.15) is 11.3 Å². The van der Waals surface area contributed by atoms with Gasteiger partial charge in [-0.3, -0.25) is 4.68 Å². The lowest BCUT2D eigenvalue weighted by molar-refractivity contribution is 0.741. The monoisotopic (exact) mass is 251 g/mol. The van der Waals surface area contributed by atoms with Gasteiger partial charge in [-0.25, -0.2) is 9.97 Å². The first-order valence-corrected chi connectivity index (χ1v) is 5.74. The van der Waals surface area contributed by atoms with Crippen LogP contribution in [-0.4, -0.2) is 26.3 Å². The maximum Gasteiger partial charge on any atom is 0.224 e. The number of hydrogen-bond donors (Lipinski definition) is 1. The van der Waals surface area contributed by atoms with Gasteiger partial charge in [0.15, 0.2) is 0 Å². The van der Waals surface area contributed by atoms with Gasteiger partial charge in [0.1, 0.15) is 5.82 Å². The van der Waals surface area contributed by atoms with E-state index in [1.165, 1.54) is 0 Å². The van der Waals surface area contributed by atoms with Crippen LogP contribution in [0.3, 0.4) is 0 Å². The molecule has 6 heteroatoms. The first kappa shape index (κ1) is 11.9. The van der Waals surface area contributed by atoms with Crippen molar-refractivity contribution in [2.45, 2.75) is 13.3 Å². The Bertz CT molecular complexity index is 508. The van der Waals surface area contributed by atoms with Crippen molar-refractivity contribution in [2.24, 2.45) is 7.05 Å². The molecular weight excluding hydrogens is 238 g/mol. The van der Waals surface area contributed by atoms with Crippen molar-refractivity contribution < 1.29 is 0 Å². The lowest BCUT2D eigenvalue weighted by Crippen LogP contribution is -2.08. The van der Waals surface area contributed by atoms with E-state index in [-0.39, 0.29) is 5.28 Å². The standard InChI is InChI=1S/C11H14ClN5/c1-8-7-14-11(12)15-10(8)13-5-3-9-4-6-17(2)16-9/h4,6-7H,3,5H2,1-2H3,(H,13,14,15). The van der Waals surface area contributed by atoms with E-state index in [1.54, 1.807) is 10.9 Å². The molecule has 0 radical (unpaired) electrons. The first-order valence-electron chi connectivity index (χ1n) is 5.36. The smallest absolute Gasteiger partial charge is 0.224 e. The summed E-state index contributed by atoms with van der Waals surface area (Å²) < 4.78 is 1.79.